The van der Waals surface area contributed by atoms with Gasteiger partial charge in [-0.05, 0) is 6.92 Å². The van der Waals surface area contributed by atoms with Gasteiger partial charge in [0.05, 0.1) is 41.7 Å². The van der Waals surface area contributed by atoms with Crippen LogP contribution < -0.4 is 9.51 Å². The zero-order valence-electron chi connectivity index (χ0n) is 14.5. The fraction of sp³-hybridized carbons (Fsp3) is 0.471. The van der Waals surface area contributed by atoms with Crippen molar-refractivity contribution in [3.63, 3.8) is 0 Å². The Morgan fingerprint density at radius 2 is 2.19 bits per heavy atom. The van der Waals surface area contributed by atoms with Crippen molar-refractivity contribution in [2.75, 3.05) is 0 Å². The number of rotatable bonds is 4. The Kier molecular flexibility index (Phi) is 3.73. The number of amides is 1. The summed E-state index contributed by atoms with van der Waals surface area (Å²) in [6, 6.07) is -0.375. The first-order valence-corrected chi connectivity index (χ1v) is 9.16. The Bertz CT molecular complexity index is 973. The van der Waals surface area contributed by atoms with E-state index in [1.54, 1.807) is 13.3 Å². The van der Waals surface area contributed by atoms with Crippen LogP contribution in [0.25, 0.3) is 10.4 Å². The quantitative estimate of drug-likeness (QED) is 0.505. The van der Waals surface area contributed by atoms with E-state index >= 15 is 0 Å². The van der Waals surface area contributed by atoms with Crippen molar-refractivity contribution >= 4 is 33.6 Å². The molecule has 0 aliphatic carbocycles. The standard InChI is InChI=1S/C17H19N3O5S/c1-7-11(10-4-19-6-18(3)9(5-21)16(19)26-10)14(17(24)25)20-13(7)12(8(2)22)15(20)23/h4,6-8,12-13,21-22H,5H2,1-3H3/t7-,8+,12+,13+/m0/s1. The summed E-state index contributed by atoms with van der Waals surface area (Å²) in [6.45, 7) is 3.28. The average Bonchev–Trinajstić information content (AvgIpc) is 3.14. The largest absolute Gasteiger partial charge is 0.543 e. The number of carbonyl (C=O) groups excluding carboxylic acids is 2. The predicted molar refractivity (Wildman–Crippen MR) is 89.3 cm³/mol. The number of aromatic nitrogens is 2. The molecule has 8 nitrogen and oxygen atoms in total. The number of nitrogens with zero attached hydrogens (tertiary/aromatic N) is 3. The number of aryl methyl sites for hydroxylation is 1. The van der Waals surface area contributed by atoms with Gasteiger partial charge in [0.2, 0.25) is 17.1 Å². The maximum absolute atomic E-state index is 12.4. The second-order valence-corrected chi connectivity index (χ2v) is 7.97. The normalized spacial score (nSPS) is 26.4. The van der Waals surface area contributed by atoms with E-state index in [2.05, 4.69) is 0 Å². The second-order valence-electron chi connectivity index (χ2n) is 6.94. The first kappa shape index (κ1) is 17.2. The lowest BCUT2D eigenvalue weighted by Crippen LogP contribution is -2.64. The number of carbonyl (C=O) groups is 2. The predicted octanol–water partition coefficient (Wildman–Crippen LogP) is -1.36. The number of aliphatic carboxylic acids is 1. The first-order valence-electron chi connectivity index (χ1n) is 8.34. The number of thiazole rings is 1. The van der Waals surface area contributed by atoms with Crippen LogP contribution in [0.3, 0.4) is 0 Å². The van der Waals surface area contributed by atoms with E-state index in [-0.39, 0.29) is 30.2 Å². The monoisotopic (exact) mass is 377 g/mol. The third-order valence-electron chi connectivity index (χ3n) is 5.45. The minimum Gasteiger partial charge on any atom is -0.543 e. The van der Waals surface area contributed by atoms with Crippen molar-refractivity contribution in [3.05, 3.63) is 28.8 Å². The molecular formula is C17H19N3O5S. The minimum absolute atomic E-state index is 0.108. The van der Waals surface area contributed by atoms with Crippen LogP contribution in [0.1, 0.15) is 24.4 Å². The summed E-state index contributed by atoms with van der Waals surface area (Å²) >= 11 is 1.37. The highest BCUT2D eigenvalue weighted by Gasteiger charge is 2.59. The van der Waals surface area contributed by atoms with E-state index in [4.69, 9.17) is 0 Å². The van der Waals surface area contributed by atoms with Crippen molar-refractivity contribution in [1.82, 2.24) is 9.47 Å². The van der Waals surface area contributed by atoms with Gasteiger partial charge in [-0.15, -0.1) is 0 Å². The molecule has 0 bridgehead atoms. The Morgan fingerprint density at radius 3 is 2.77 bits per heavy atom. The number of carboxylic acid groups (broad SMARTS) is 1. The lowest BCUT2D eigenvalue weighted by atomic mass is 9.77. The lowest BCUT2D eigenvalue weighted by Gasteiger charge is -2.47. The highest BCUT2D eigenvalue weighted by atomic mass is 32.1. The smallest absolute Gasteiger partial charge is 0.249 e. The molecular weight excluding hydrogens is 358 g/mol. The molecule has 0 unspecified atom stereocenters. The summed E-state index contributed by atoms with van der Waals surface area (Å²) in [5.74, 6) is -2.61. The second kappa shape index (κ2) is 5.63. The third kappa shape index (κ3) is 2.04. The van der Waals surface area contributed by atoms with Crippen LogP contribution in [0, 0.1) is 11.8 Å². The minimum atomic E-state index is -1.39. The molecule has 4 heterocycles. The molecule has 138 valence electrons. The van der Waals surface area contributed by atoms with Gasteiger partial charge in [0, 0.05) is 11.5 Å². The number of carboxylic acids is 1. The maximum atomic E-state index is 12.4. The number of hydrogen-bond donors (Lipinski definition) is 2. The number of imidazole rings is 1. The summed E-state index contributed by atoms with van der Waals surface area (Å²) in [6.07, 6.45) is 2.77. The molecule has 2 aromatic rings. The van der Waals surface area contributed by atoms with E-state index in [1.165, 1.54) is 16.2 Å². The van der Waals surface area contributed by atoms with Gasteiger partial charge in [0.1, 0.15) is 12.8 Å². The van der Waals surface area contributed by atoms with Crippen LogP contribution in [-0.2, 0) is 23.2 Å². The molecule has 1 fully saturated rings. The van der Waals surface area contributed by atoms with Crippen molar-refractivity contribution in [1.29, 1.82) is 0 Å². The molecule has 2 aromatic heterocycles. The summed E-state index contributed by atoms with van der Waals surface area (Å²) < 4.78 is 3.64. The molecule has 0 radical (unpaired) electrons. The van der Waals surface area contributed by atoms with Gasteiger partial charge in [-0.3, -0.25) is 4.79 Å². The number of hydrogen-bond acceptors (Lipinski definition) is 6. The van der Waals surface area contributed by atoms with Crippen LogP contribution in [0.5, 0.6) is 0 Å². The highest BCUT2D eigenvalue weighted by molar-refractivity contribution is 7.18. The zero-order valence-corrected chi connectivity index (χ0v) is 15.4. The molecule has 4 atom stereocenters. The molecule has 0 spiro atoms. The molecule has 2 N–H and O–H groups in total. The molecule has 0 saturated carbocycles. The summed E-state index contributed by atoms with van der Waals surface area (Å²) in [7, 11) is 1.83. The number of β-lactam (4-membered cyclic amide) rings is 1. The van der Waals surface area contributed by atoms with E-state index < -0.39 is 18.0 Å². The van der Waals surface area contributed by atoms with Crippen LogP contribution in [0.2, 0.25) is 0 Å². The topological polar surface area (TPSA) is 110 Å². The van der Waals surface area contributed by atoms with Crippen molar-refractivity contribution in [2.45, 2.75) is 32.6 Å². The van der Waals surface area contributed by atoms with E-state index in [0.717, 1.165) is 10.5 Å². The molecule has 1 saturated heterocycles. The summed E-state index contributed by atoms with van der Waals surface area (Å²) in [5.41, 5.74) is 1.17. The van der Waals surface area contributed by atoms with E-state index in [0.29, 0.717) is 10.5 Å². The molecule has 4 rings (SSSR count). The molecule has 9 heteroatoms. The number of aliphatic hydroxyl groups is 2. The van der Waals surface area contributed by atoms with Gasteiger partial charge >= 0.3 is 0 Å². The van der Waals surface area contributed by atoms with Gasteiger partial charge in [0.15, 0.2) is 5.69 Å². The Hall–Kier alpha value is -2.23. The SMILES string of the molecule is C[C@@H](O)[C@H]1C(=O)N2C(C(=O)[O-])=C(c3c[n+]4cn(C)c(CO)c4s3)[C@H](C)[C@H]12. The van der Waals surface area contributed by atoms with Gasteiger partial charge in [0.25, 0.3) is 0 Å². The van der Waals surface area contributed by atoms with Gasteiger partial charge in [-0.25, -0.2) is 4.57 Å². The van der Waals surface area contributed by atoms with Crippen molar-refractivity contribution < 1.29 is 29.3 Å². The van der Waals surface area contributed by atoms with Crippen molar-refractivity contribution in [2.24, 2.45) is 18.9 Å². The Morgan fingerprint density at radius 1 is 1.50 bits per heavy atom. The van der Waals surface area contributed by atoms with Crippen molar-refractivity contribution in [3.8, 4) is 0 Å². The Balaban J connectivity index is 1.86. The van der Waals surface area contributed by atoms with Crippen LogP contribution in [0.15, 0.2) is 18.2 Å². The molecule has 26 heavy (non-hydrogen) atoms. The maximum Gasteiger partial charge on any atom is 0.249 e. The van der Waals surface area contributed by atoms with Crippen LogP contribution >= 0.6 is 11.3 Å². The lowest BCUT2D eigenvalue weighted by molar-refractivity contribution is -0.508. The molecule has 1 amide bonds. The molecule has 0 aromatic carbocycles. The number of fused-ring (bicyclic) bond motifs is 2. The fourth-order valence-electron chi connectivity index (χ4n) is 4.26. The van der Waals surface area contributed by atoms with Gasteiger partial charge in [-0.2, -0.15) is 4.40 Å². The zero-order chi connectivity index (χ0) is 18.9. The Labute approximate surface area is 153 Å². The first-order chi connectivity index (χ1) is 12.3. The summed E-state index contributed by atoms with van der Waals surface area (Å²) in [5, 5.41) is 31.3. The molecule has 2 aliphatic rings. The molecule has 2 aliphatic heterocycles. The van der Waals surface area contributed by atoms with E-state index in [9.17, 15) is 24.9 Å². The number of aliphatic hydroxyl groups excluding tert-OH is 2. The van der Waals surface area contributed by atoms with Gasteiger partial charge in [-0.1, -0.05) is 18.3 Å². The van der Waals surface area contributed by atoms with Gasteiger partial charge < -0.3 is 25.0 Å². The third-order valence-corrected chi connectivity index (χ3v) is 6.63. The fourth-order valence-corrected chi connectivity index (χ4v) is 5.55. The van der Waals surface area contributed by atoms with Crippen LogP contribution in [0.4, 0.5) is 0 Å². The summed E-state index contributed by atoms with van der Waals surface area (Å²) in [4.78, 5) is 27.0. The highest BCUT2D eigenvalue weighted by Crippen LogP contribution is 2.51. The van der Waals surface area contributed by atoms with E-state index in [1.807, 2.05) is 29.1 Å². The van der Waals surface area contributed by atoms with Crippen LogP contribution in [-0.4, -0.2) is 43.7 Å². The average molecular weight is 377 g/mol.